The third-order valence-corrected chi connectivity index (χ3v) is 11.3. The lowest BCUT2D eigenvalue weighted by Crippen LogP contribution is -2.29. The third-order valence-electron chi connectivity index (χ3n) is 10.3. The lowest BCUT2D eigenvalue weighted by molar-refractivity contribution is -0.161. The van der Waals surface area contributed by atoms with Crippen LogP contribution in [0.15, 0.2) is 12.7 Å². The average Bonchev–Trinajstić information content (AvgIpc) is 3.17. The van der Waals surface area contributed by atoms with Gasteiger partial charge < -0.3 is 20.1 Å². The predicted molar refractivity (Wildman–Crippen MR) is 229 cm³/mol. The molecule has 55 heavy (non-hydrogen) atoms. The molecule has 1 unspecified atom stereocenters. The maximum Gasteiger partial charge on any atom is 0.472 e. The normalized spacial score (nSPS) is 13.1. The summed E-state index contributed by atoms with van der Waals surface area (Å²) in [6.07, 6.45) is 42.8. The number of unbranched alkanes of at least 4 members (excludes halogenated alkanes) is 31. The molecule has 326 valence electrons. The summed E-state index contributed by atoms with van der Waals surface area (Å²) in [6, 6.07) is 0. The molecule has 0 aliphatic heterocycles. The molecule has 0 aromatic rings. The van der Waals surface area contributed by atoms with Gasteiger partial charge in [-0.15, -0.1) is 6.58 Å². The van der Waals surface area contributed by atoms with Crippen molar-refractivity contribution in [3.05, 3.63) is 12.7 Å². The highest BCUT2D eigenvalue weighted by atomic mass is 31.2. The van der Waals surface area contributed by atoms with Crippen molar-refractivity contribution in [1.82, 2.24) is 0 Å². The molecule has 0 aromatic carbocycles. The summed E-state index contributed by atoms with van der Waals surface area (Å²) in [6.45, 7) is 5.29. The van der Waals surface area contributed by atoms with Crippen LogP contribution < -0.4 is 5.73 Å². The molecule has 0 saturated heterocycles. The Morgan fingerprint density at radius 1 is 0.564 bits per heavy atom. The topological polar surface area (TPSA) is 134 Å². The Hall–Kier alpha value is -1.25. The van der Waals surface area contributed by atoms with Crippen molar-refractivity contribution >= 4 is 19.8 Å². The molecule has 0 saturated carbocycles. The van der Waals surface area contributed by atoms with Crippen molar-refractivity contribution in [2.24, 2.45) is 5.73 Å². The number of hydrogen-bond acceptors (Lipinski definition) is 8. The van der Waals surface area contributed by atoms with Gasteiger partial charge in [0.1, 0.15) is 6.61 Å². The second-order valence-electron chi connectivity index (χ2n) is 15.7. The largest absolute Gasteiger partial charge is 0.472 e. The maximum atomic E-state index is 12.6. The highest BCUT2D eigenvalue weighted by molar-refractivity contribution is 7.47. The Bertz CT molecular complexity index is 904. The molecular formula is C45H88NO8P. The summed E-state index contributed by atoms with van der Waals surface area (Å²) in [4.78, 5) is 34.9. The van der Waals surface area contributed by atoms with Crippen LogP contribution in [0.1, 0.15) is 232 Å². The van der Waals surface area contributed by atoms with Gasteiger partial charge in [-0.1, -0.05) is 199 Å². The van der Waals surface area contributed by atoms with E-state index in [1.54, 1.807) is 0 Å². The summed E-state index contributed by atoms with van der Waals surface area (Å²) < 4.78 is 32.8. The average molecular weight is 802 g/mol. The summed E-state index contributed by atoms with van der Waals surface area (Å²) >= 11 is 0. The highest BCUT2D eigenvalue weighted by Crippen LogP contribution is 2.43. The standard InChI is InChI=1S/C45H88NO8P/c1-3-5-7-9-11-13-15-17-19-20-21-22-24-26-28-30-32-34-36-38-45(48)54-43(42-53-55(49,50)52-40-39-46)41-51-44(47)37-35-33-31-29-27-25-23-18-16-14-12-10-8-6-4-2/h4,43H,2-3,5-42,46H2,1H3,(H,49,50)/t43-/m1/s1. The summed E-state index contributed by atoms with van der Waals surface area (Å²) in [7, 11) is -4.37. The van der Waals surface area contributed by atoms with Gasteiger partial charge in [0.25, 0.3) is 0 Å². The minimum Gasteiger partial charge on any atom is -0.462 e. The van der Waals surface area contributed by atoms with E-state index in [9.17, 15) is 19.0 Å². The molecule has 0 bridgehead atoms. The zero-order valence-corrected chi connectivity index (χ0v) is 36.7. The van der Waals surface area contributed by atoms with Crippen molar-refractivity contribution < 1.29 is 37.6 Å². The van der Waals surface area contributed by atoms with E-state index in [0.29, 0.717) is 6.42 Å². The van der Waals surface area contributed by atoms with Crippen LogP contribution in [0.4, 0.5) is 0 Å². The summed E-state index contributed by atoms with van der Waals surface area (Å²) in [5.74, 6) is -0.817. The molecule has 0 aliphatic carbocycles. The van der Waals surface area contributed by atoms with Crippen molar-refractivity contribution in [2.45, 2.75) is 238 Å². The van der Waals surface area contributed by atoms with Gasteiger partial charge in [0.2, 0.25) is 0 Å². The zero-order chi connectivity index (χ0) is 40.3. The Balaban J connectivity index is 4.05. The fourth-order valence-electron chi connectivity index (χ4n) is 6.85. The SMILES string of the molecule is C=CCCCCCCCCCCCCCCCC(=O)OC[C@H](COP(=O)(O)OCCN)OC(=O)CCCCCCCCCCCCCCCCCCCCC. The Morgan fingerprint density at radius 2 is 0.927 bits per heavy atom. The number of esters is 2. The van der Waals surface area contributed by atoms with Crippen LogP contribution in [-0.2, 0) is 32.7 Å². The Labute approximate surface area is 339 Å². The Kier molecular flexibility index (Phi) is 41.4. The van der Waals surface area contributed by atoms with Gasteiger partial charge in [-0.25, -0.2) is 4.57 Å². The minimum atomic E-state index is -4.37. The summed E-state index contributed by atoms with van der Waals surface area (Å²) in [5.41, 5.74) is 5.35. The lowest BCUT2D eigenvalue weighted by Gasteiger charge is -2.19. The number of phosphoric ester groups is 1. The molecule has 0 heterocycles. The fourth-order valence-corrected chi connectivity index (χ4v) is 7.62. The van der Waals surface area contributed by atoms with Gasteiger partial charge in [-0.3, -0.25) is 18.6 Å². The summed E-state index contributed by atoms with van der Waals surface area (Å²) in [5, 5.41) is 0. The van der Waals surface area contributed by atoms with Crippen molar-refractivity contribution in [1.29, 1.82) is 0 Å². The molecule has 0 aliphatic rings. The Morgan fingerprint density at radius 3 is 1.31 bits per heavy atom. The van der Waals surface area contributed by atoms with Gasteiger partial charge in [-0.05, 0) is 25.7 Å². The van der Waals surface area contributed by atoms with Crippen LogP contribution in [-0.4, -0.2) is 49.3 Å². The van der Waals surface area contributed by atoms with Crippen LogP contribution >= 0.6 is 7.82 Å². The van der Waals surface area contributed by atoms with Gasteiger partial charge in [0.05, 0.1) is 13.2 Å². The van der Waals surface area contributed by atoms with E-state index in [4.69, 9.17) is 24.3 Å². The first-order valence-corrected chi connectivity index (χ1v) is 24.6. The first kappa shape index (κ1) is 53.8. The number of allylic oxidation sites excluding steroid dienone is 1. The fraction of sp³-hybridized carbons (Fsp3) is 0.911. The molecule has 0 aromatic heterocycles. The molecule has 0 spiro atoms. The van der Waals surface area contributed by atoms with E-state index >= 15 is 0 Å². The molecule has 2 atom stereocenters. The smallest absolute Gasteiger partial charge is 0.462 e. The zero-order valence-electron chi connectivity index (χ0n) is 35.8. The minimum absolute atomic E-state index is 0.0561. The molecule has 0 amide bonds. The molecule has 0 rings (SSSR count). The first-order valence-electron chi connectivity index (χ1n) is 23.1. The van der Waals surface area contributed by atoms with Crippen LogP contribution in [0.5, 0.6) is 0 Å². The monoisotopic (exact) mass is 802 g/mol. The van der Waals surface area contributed by atoms with Crippen LogP contribution in [0.3, 0.4) is 0 Å². The van der Waals surface area contributed by atoms with E-state index < -0.39 is 26.5 Å². The molecule has 10 heteroatoms. The van der Waals surface area contributed by atoms with Crippen LogP contribution in [0.2, 0.25) is 0 Å². The van der Waals surface area contributed by atoms with Gasteiger partial charge >= 0.3 is 19.8 Å². The quantitative estimate of drug-likeness (QED) is 0.0267. The van der Waals surface area contributed by atoms with Gasteiger partial charge in [-0.2, -0.15) is 0 Å². The van der Waals surface area contributed by atoms with E-state index in [2.05, 4.69) is 13.5 Å². The number of hydrogen-bond donors (Lipinski definition) is 2. The molecular weight excluding hydrogens is 713 g/mol. The van der Waals surface area contributed by atoms with E-state index in [-0.39, 0.29) is 38.6 Å². The van der Waals surface area contributed by atoms with Crippen molar-refractivity contribution in [3.63, 3.8) is 0 Å². The van der Waals surface area contributed by atoms with E-state index in [1.165, 1.54) is 167 Å². The number of rotatable bonds is 45. The molecule has 0 fully saturated rings. The second kappa shape index (κ2) is 42.4. The maximum absolute atomic E-state index is 12.6. The predicted octanol–water partition coefficient (Wildman–Crippen LogP) is 13.4. The number of carbonyl (C=O) groups is 2. The number of phosphoric acid groups is 1. The molecule has 3 N–H and O–H groups in total. The van der Waals surface area contributed by atoms with E-state index in [1.807, 2.05) is 6.08 Å². The number of nitrogens with two attached hydrogens (primary N) is 1. The van der Waals surface area contributed by atoms with Crippen LogP contribution in [0.25, 0.3) is 0 Å². The lowest BCUT2D eigenvalue weighted by atomic mass is 10.0. The van der Waals surface area contributed by atoms with Crippen molar-refractivity contribution in [2.75, 3.05) is 26.4 Å². The van der Waals surface area contributed by atoms with Gasteiger partial charge in [0, 0.05) is 19.4 Å². The van der Waals surface area contributed by atoms with E-state index in [0.717, 1.165) is 38.5 Å². The van der Waals surface area contributed by atoms with Gasteiger partial charge in [0.15, 0.2) is 6.10 Å². The molecule has 0 radical (unpaired) electrons. The third kappa shape index (κ3) is 42.2. The first-order chi connectivity index (χ1) is 26.8. The number of carbonyl (C=O) groups excluding carboxylic acids is 2. The second-order valence-corrected chi connectivity index (χ2v) is 17.2. The van der Waals surface area contributed by atoms with Crippen molar-refractivity contribution in [3.8, 4) is 0 Å². The molecule has 9 nitrogen and oxygen atoms in total. The van der Waals surface area contributed by atoms with Crippen LogP contribution in [0, 0.1) is 0 Å². The number of ether oxygens (including phenoxy) is 2. The highest BCUT2D eigenvalue weighted by Gasteiger charge is 2.26.